The fourth-order valence-electron chi connectivity index (χ4n) is 1.64. The van der Waals surface area contributed by atoms with Gasteiger partial charge in [-0.1, -0.05) is 6.08 Å². The third-order valence-corrected chi connectivity index (χ3v) is 3.66. The predicted molar refractivity (Wildman–Crippen MR) is 76.4 cm³/mol. The lowest BCUT2D eigenvalue weighted by molar-refractivity contribution is -0.0986. The van der Waals surface area contributed by atoms with Crippen LogP contribution in [0.15, 0.2) is 33.2 Å². The van der Waals surface area contributed by atoms with Crippen LogP contribution >= 0.6 is 0 Å². The molecule has 0 aliphatic carbocycles. The lowest BCUT2D eigenvalue weighted by atomic mass is 9.74. The van der Waals surface area contributed by atoms with Gasteiger partial charge in [-0.05, 0) is 39.3 Å². The van der Waals surface area contributed by atoms with Gasteiger partial charge < -0.3 is 14.8 Å². The average molecular weight is 262 g/mol. The molecule has 2 N–H and O–H groups in total. The lowest BCUT2D eigenvalue weighted by Gasteiger charge is -2.38. The molecule has 0 saturated carbocycles. The van der Waals surface area contributed by atoms with Gasteiger partial charge in [-0.15, -0.1) is 0 Å². The summed E-state index contributed by atoms with van der Waals surface area (Å²) in [6, 6.07) is 0. The summed E-state index contributed by atoms with van der Waals surface area (Å²) < 4.78 is 5.57. The molecular formula is C13H19BN2O3. The molecule has 102 valence electrons. The highest BCUT2D eigenvalue weighted by Crippen LogP contribution is 2.28. The molecule has 2 aliphatic heterocycles. The van der Waals surface area contributed by atoms with Gasteiger partial charge >= 0.3 is 7.12 Å². The Morgan fingerprint density at radius 1 is 1.26 bits per heavy atom. The van der Waals surface area contributed by atoms with Crippen LogP contribution in [0.3, 0.4) is 0 Å². The molecule has 19 heavy (non-hydrogen) atoms. The first-order valence-corrected chi connectivity index (χ1v) is 6.27. The van der Waals surface area contributed by atoms with Gasteiger partial charge in [-0.25, -0.2) is 0 Å². The minimum Gasteiger partial charge on any atom is -0.423 e. The zero-order chi connectivity index (χ0) is 14.3. The van der Waals surface area contributed by atoms with E-state index < -0.39 is 18.3 Å². The van der Waals surface area contributed by atoms with Crippen molar-refractivity contribution in [1.82, 2.24) is 0 Å². The number of dihydropyridines is 1. The number of aliphatic imine (C=N–C) groups is 2. The van der Waals surface area contributed by atoms with Gasteiger partial charge in [0.1, 0.15) is 0 Å². The molecule has 0 spiro atoms. The monoisotopic (exact) mass is 262 g/mol. The molecule has 2 rings (SSSR count). The SMILES string of the molecule is CC(C)(O)C(C)(C)OB(O)C1=CC2=CC=N[C@H]2N=C1. The Balaban J connectivity index is 2.10. The Kier molecular flexibility index (Phi) is 3.51. The maximum absolute atomic E-state index is 10.1. The van der Waals surface area contributed by atoms with E-state index >= 15 is 0 Å². The summed E-state index contributed by atoms with van der Waals surface area (Å²) in [7, 11) is -1.13. The second kappa shape index (κ2) is 4.70. The summed E-state index contributed by atoms with van der Waals surface area (Å²) in [6.45, 7) is 6.76. The van der Waals surface area contributed by atoms with E-state index in [0.29, 0.717) is 5.47 Å². The van der Waals surface area contributed by atoms with Gasteiger partial charge in [-0.2, -0.15) is 0 Å². The molecule has 5 nitrogen and oxygen atoms in total. The predicted octanol–water partition coefficient (Wildman–Crippen LogP) is 0.920. The topological polar surface area (TPSA) is 74.4 Å². The summed E-state index contributed by atoms with van der Waals surface area (Å²) in [6.07, 6.45) is 6.75. The molecule has 0 saturated heterocycles. The van der Waals surface area contributed by atoms with Crippen molar-refractivity contribution in [2.24, 2.45) is 9.98 Å². The maximum Gasteiger partial charge on any atom is 0.493 e. The molecule has 0 aromatic heterocycles. The first kappa shape index (κ1) is 14.2. The van der Waals surface area contributed by atoms with Crippen LogP contribution in [0.4, 0.5) is 0 Å². The van der Waals surface area contributed by atoms with E-state index in [1.807, 2.05) is 12.2 Å². The molecule has 0 aromatic carbocycles. The molecule has 2 aliphatic rings. The van der Waals surface area contributed by atoms with Crippen LogP contribution < -0.4 is 0 Å². The third-order valence-electron chi connectivity index (χ3n) is 3.66. The standard InChI is InChI=1S/C13H19BN2O3/c1-12(2,17)13(3,4)19-14(18)10-7-9-5-6-15-11(9)16-8-10/h5-8,11,17-18H,1-4H3/t11-/m0/s1. The van der Waals surface area contributed by atoms with Gasteiger partial charge in [0.25, 0.3) is 0 Å². The van der Waals surface area contributed by atoms with Crippen LogP contribution in [-0.2, 0) is 4.65 Å². The van der Waals surface area contributed by atoms with Crippen LogP contribution in [0.2, 0.25) is 0 Å². The summed E-state index contributed by atoms with van der Waals surface area (Å²) in [5.41, 5.74) is -0.469. The summed E-state index contributed by atoms with van der Waals surface area (Å²) >= 11 is 0. The summed E-state index contributed by atoms with van der Waals surface area (Å²) in [4.78, 5) is 8.37. The third kappa shape index (κ3) is 2.86. The molecular weight excluding hydrogens is 243 g/mol. The van der Waals surface area contributed by atoms with Crippen molar-refractivity contribution in [1.29, 1.82) is 0 Å². The Labute approximate surface area is 113 Å². The van der Waals surface area contributed by atoms with Crippen molar-refractivity contribution in [3.8, 4) is 0 Å². The normalized spacial score (nSPS) is 22.1. The van der Waals surface area contributed by atoms with Crippen molar-refractivity contribution in [2.75, 3.05) is 0 Å². The Morgan fingerprint density at radius 3 is 2.58 bits per heavy atom. The van der Waals surface area contributed by atoms with Gasteiger partial charge in [0.05, 0.1) is 11.2 Å². The molecule has 0 radical (unpaired) electrons. The molecule has 2 heterocycles. The molecule has 0 amide bonds. The number of allylic oxidation sites excluding steroid dienone is 2. The van der Waals surface area contributed by atoms with Gasteiger partial charge in [0.15, 0.2) is 6.17 Å². The second-order valence-electron chi connectivity index (χ2n) is 5.80. The number of fused-ring (bicyclic) bond motifs is 1. The van der Waals surface area contributed by atoms with Gasteiger partial charge in [0, 0.05) is 17.9 Å². The van der Waals surface area contributed by atoms with E-state index in [0.717, 1.165) is 5.57 Å². The first-order chi connectivity index (χ1) is 8.71. The Morgan fingerprint density at radius 2 is 1.95 bits per heavy atom. The number of rotatable bonds is 4. The molecule has 1 atom stereocenters. The summed E-state index contributed by atoms with van der Waals surface area (Å²) in [5, 5.41) is 20.2. The fourth-order valence-corrected chi connectivity index (χ4v) is 1.64. The Bertz CT molecular complexity index is 487. The van der Waals surface area contributed by atoms with Crippen LogP contribution in [0.25, 0.3) is 0 Å². The van der Waals surface area contributed by atoms with E-state index in [2.05, 4.69) is 9.98 Å². The van der Waals surface area contributed by atoms with Crippen LogP contribution in [0, 0.1) is 0 Å². The highest BCUT2D eigenvalue weighted by molar-refractivity contribution is 6.58. The molecule has 0 bridgehead atoms. The van der Waals surface area contributed by atoms with Crippen LogP contribution in [0.1, 0.15) is 27.7 Å². The van der Waals surface area contributed by atoms with E-state index in [4.69, 9.17) is 4.65 Å². The van der Waals surface area contributed by atoms with E-state index in [9.17, 15) is 10.1 Å². The quantitative estimate of drug-likeness (QED) is 0.740. The highest BCUT2D eigenvalue weighted by atomic mass is 16.5. The molecule has 6 heteroatoms. The van der Waals surface area contributed by atoms with E-state index in [1.54, 1.807) is 40.1 Å². The summed E-state index contributed by atoms with van der Waals surface area (Å²) in [5.74, 6) is 0. The van der Waals surface area contributed by atoms with Crippen molar-refractivity contribution in [3.05, 3.63) is 23.2 Å². The highest BCUT2D eigenvalue weighted by Gasteiger charge is 2.40. The molecule has 0 aromatic rings. The Hall–Kier alpha value is -1.24. The van der Waals surface area contributed by atoms with E-state index in [-0.39, 0.29) is 6.17 Å². The van der Waals surface area contributed by atoms with Gasteiger partial charge in [-0.3, -0.25) is 9.98 Å². The zero-order valence-corrected chi connectivity index (χ0v) is 11.7. The molecule has 0 fully saturated rings. The van der Waals surface area contributed by atoms with Crippen molar-refractivity contribution in [2.45, 2.75) is 45.1 Å². The van der Waals surface area contributed by atoms with Crippen molar-refractivity contribution in [3.63, 3.8) is 0 Å². The average Bonchev–Trinajstić information content (AvgIpc) is 2.73. The minimum atomic E-state index is -1.13. The van der Waals surface area contributed by atoms with Crippen molar-refractivity contribution < 1.29 is 14.8 Å². The number of aliphatic hydroxyl groups is 1. The number of hydrogen-bond acceptors (Lipinski definition) is 5. The van der Waals surface area contributed by atoms with Crippen LogP contribution in [0.5, 0.6) is 0 Å². The second-order valence-corrected chi connectivity index (χ2v) is 5.80. The zero-order valence-electron chi connectivity index (χ0n) is 11.7. The minimum absolute atomic E-state index is 0.182. The van der Waals surface area contributed by atoms with Crippen molar-refractivity contribution >= 4 is 19.5 Å². The smallest absolute Gasteiger partial charge is 0.423 e. The number of nitrogens with zero attached hydrogens (tertiary/aromatic N) is 2. The fraction of sp³-hybridized carbons (Fsp3) is 0.538. The maximum atomic E-state index is 10.1. The first-order valence-electron chi connectivity index (χ1n) is 6.27. The van der Waals surface area contributed by atoms with E-state index in [1.165, 1.54) is 0 Å². The molecule has 0 unspecified atom stereocenters. The number of hydrogen-bond donors (Lipinski definition) is 2. The van der Waals surface area contributed by atoms with Crippen LogP contribution in [-0.4, -0.2) is 47.0 Å². The lowest BCUT2D eigenvalue weighted by Crippen LogP contribution is -2.51. The van der Waals surface area contributed by atoms with Gasteiger partial charge in [0.2, 0.25) is 0 Å². The largest absolute Gasteiger partial charge is 0.493 e.